The molecule has 0 saturated heterocycles. The van der Waals surface area contributed by atoms with Crippen LogP contribution in [0.5, 0.6) is 23.0 Å². The molecule has 0 radical (unpaired) electrons. The second-order valence-corrected chi connectivity index (χ2v) is 10.1. The third-order valence-corrected chi connectivity index (χ3v) is 7.68. The van der Waals surface area contributed by atoms with Gasteiger partial charge in [0.25, 0.3) is 11.5 Å². The molecule has 1 aliphatic rings. The van der Waals surface area contributed by atoms with Gasteiger partial charge in [-0.1, -0.05) is 41.7 Å². The molecular formula is C31H29N3O6S. The average molecular weight is 572 g/mol. The van der Waals surface area contributed by atoms with E-state index in [-0.39, 0.29) is 11.5 Å². The lowest BCUT2D eigenvalue weighted by atomic mass is 9.95. The van der Waals surface area contributed by atoms with Gasteiger partial charge in [0.05, 0.1) is 50.3 Å². The van der Waals surface area contributed by atoms with Gasteiger partial charge in [-0.2, -0.15) is 0 Å². The molecular weight excluding hydrogens is 542 g/mol. The van der Waals surface area contributed by atoms with Crippen LogP contribution in [0.25, 0.3) is 6.08 Å². The van der Waals surface area contributed by atoms with Gasteiger partial charge in [0, 0.05) is 5.69 Å². The Morgan fingerprint density at radius 3 is 2.27 bits per heavy atom. The highest BCUT2D eigenvalue weighted by molar-refractivity contribution is 7.07. The maximum Gasteiger partial charge on any atom is 0.271 e. The third-order valence-electron chi connectivity index (χ3n) is 6.69. The SMILES string of the molecule is COc1cccc(C2C(C(=O)Nc3ccccc3)=C(C)N=c3s/c(=C\c4cc(OC)c(OC)c(OC)c4)c(=O)n32)c1. The van der Waals surface area contributed by atoms with E-state index in [0.29, 0.717) is 54.9 Å². The van der Waals surface area contributed by atoms with E-state index in [4.69, 9.17) is 23.9 Å². The van der Waals surface area contributed by atoms with Crippen molar-refractivity contribution < 1.29 is 23.7 Å². The van der Waals surface area contributed by atoms with Gasteiger partial charge in [-0.05, 0) is 60.5 Å². The monoisotopic (exact) mass is 571 g/mol. The molecule has 3 aromatic carbocycles. The number of benzene rings is 3. The molecule has 1 atom stereocenters. The number of nitrogens with one attached hydrogen (secondary N) is 1. The number of para-hydroxylation sites is 1. The van der Waals surface area contributed by atoms with Crippen molar-refractivity contribution in [1.82, 2.24) is 4.57 Å². The Kier molecular flexibility index (Phi) is 7.93. The normalized spacial score (nSPS) is 14.7. The molecule has 2 heterocycles. The van der Waals surface area contributed by atoms with E-state index in [1.54, 1.807) is 48.9 Å². The van der Waals surface area contributed by atoms with Crippen LogP contribution in [0.1, 0.15) is 24.1 Å². The van der Waals surface area contributed by atoms with Gasteiger partial charge in [0.15, 0.2) is 16.3 Å². The molecule has 210 valence electrons. The number of thiazole rings is 1. The summed E-state index contributed by atoms with van der Waals surface area (Å²) in [5.74, 6) is 1.66. The molecule has 0 aliphatic carbocycles. The number of fused-ring (bicyclic) bond motifs is 1. The van der Waals surface area contributed by atoms with Crippen molar-refractivity contribution >= 4 is 29.0 Å². The van der Waals surface area contributed by atoms with Crippen molar-refractivity contribution in [3.63, 3.8) is 0 Å². The molecule has 9 nitrogen and oxygen atoms in total. The summed E-state index contributed by atoms with van der Waals surface area (Å²) in [5.41, 5.74) is 2.65. The van der Waals surface area contributed by atoms with Crippen LogP contribution in [-0.2, 0) is 4.79 Å². The summed E-state index contributed by atoms with van der Waals surface area (Å²) in [6.45, 7) is 1.78. The third kappa shape index (κ3) is 5.33. The molecule has 0 spiro atoms. The maximum atomic E-state index is 14.0. The summed E-state index contributed by atoms with van der Waals surface area (Å²) in [4.78, 5) is 32.9. The second kappa shape index (κ2) is 11.7. The Morgan fingerprint density at radius 2 is 1.63 bits per heavy atom. The summed E-state index contributed by atoms with van der Waals surface area (Å²) in [6, 6.07) is 19.3. The zero-order chi connectivity index (χ0) is 29.1. The van der Waals surface area contributed by atoms with Crippen LogP contribution >= 0.6 is 11.3 Å². The molecule has 0 saturated carbocycles. The van der Waals surface area contributed by atoms with Crippen LogP contribution in [0, 0.1) is 0 Å². The highest BCUT2D eigenvalue weighted by atomic mass is 32.1. The molecule has 0 fully saturated rings. The first-order valence-corrected chi connectivity index (χ1v) is 13.5. The summed E-state index contributed by atoms with van der Waals surface area (Å²) in [7, 11) is 6.18. The van der Waals surface area contributed by atoms with Gasteiger partial charge < -0.3 is 24.3 Å². The number of methoxy groups -OCH3 is 4. The molecule has 5 rings (SSSR count). The molecule has 1 aliphatic heterocycles. The zero-order valence-corrected chi connectivity index (χ0v) is 24.1. The first kappa shape index (κ1) is 27.7. The number of aromatic nitrogens is 1. The number of hydrogen-bond acceptors (Lipinski definition) is 8. The van der Waals surface area contributed by atoms with Gasteiger partial charge in [0.1, 0.15) is 5.75 Å². The zero-order valence-electron chi connectivity index (χ0n) is 23.3. The Bertz CT molecular complexity index is 1800. The van der Waals surface area contributed by atoms with Crippen molar-refractivity contribution in [1.29, 1.82) is 0 Å². The Hall–Kier alpha value is -4.83. The molecule has 1 aromatic heterocycles. The number of amides is 1. The number of ether oxygens (including phenoxy) is 4. The summed E-state index contributed by atoms with van der Waals surface area (Å²) >= 11 is 1.24. The number of rotatable bonds is 8. The second-order valence-electron chi connectivity index (χ2n) is 9.14. The highest BCUT2D eigenvalue weighted by Gasteiger charge is 2.32. The average Bonchev–Trinajstić information content (AvgIpc) is 3.29. The van der Waals surface area contributed by atoms with E-state index in [1.807, 2.05) is 42.5 Å². The number of anilines is 1. The minimum atomic E-state index is -0.729. The van der Waals surface area contributed by atoms with Crippen LogP contribution in [0.3, 0.4) is 0 Å². The Labute approximate surface area is 240 Å². The van der Waals surface area contributed by atoms with Gasteiger partial charge in [0.2, 0.25) is 5.75 Å². The van der Waals surface area contributed by atoms with E-state index in [9.17, 15) is 9.59 Å². The lowest BCUT2D eigenvalue weighted by molar-refractivity contribution is -0.113. The van der Waals surface area contributed by atoms with E-state index in [2.05, 4.69) is 5.32 Å². The Morgan fingerprint density at radius 1 is 0.927 bits per heavy atom. The first-order chi connectivity index (χ1) is 19.9. The summed E-state index contributed by atoms with van der Waals surface area (Å²) in [5, 5.41) is 2.96. The number of carbonyl (C=O) groups is 1. The smallest absolute Gasteiger partial charge is 0.271 e. The van der Waals surface area contributed by atoms with Gasteiger partial charge in [-0.25, -0.2) is 4.99 Å². The minimum Gasteiger partial charge on any atom is -0.497 e. The number of hydrogen-bond donors (Lipinski definition) is 1. The van der Waals surface area contributed by atoms with Gasteiger partial charge >= 0.3 is 0 Å². The maximum absolute atomic E-state index is 14.0. The lowest BCUT2D eigenvalue weighted by Gasteiger charge is -2.25. The topological polar surface area (TPSA) is 100 Å². The number of nitrogens with zero attached hydrogens (tertiary/aromatic N) is 2. The van der Waals surface area contributed by atoms with Gasteiger partial charge in [-0.15, -0.1) is 0 Å². The fourth-order valence-electron chi connectivity index (χ4n) is 4.79. The van der Waals surface area contributed by atoms with E-state index in [1.165, 1.54) is 32.7 Å². The van der Waals surface area contributed by atoms with Crippen molar-refractivity contribution in [2.75, 3.05) is 33.8 Å². The molecule has 1 N–H and O–H groups in total. The fraction of sp³-hybridized carbons (Fsp3) is 0.194. The largest absolute Gasteiger partial charge is 0.497 e. The summed E-state index contributed by atoms with van der Waals surface area (Å²) < 4.78 is 23.9. The van der Waals surface area contributed by atoms with Crippen molar-refractivity contribution in [2.45, 2.75) is 13.0 Å². The molecule has 1 amide bonds. The quantitative estimate of drug-likeness (QED) is 0.344. The molecule has 4 aromatic rings. The Balaban J connectivity index is 1.69. The van der Waals surface area contributed by atoms with Gasteiger partial charge in [-0.3, -0.25) is 14.2 Å². The van der Waals surface area contributed by atoms with Crippen LogP contribution in [-0.4, -0.2) is 38.9 Å². The van der Waals surface area contributed by atoms with Crippen LogP contribution in [0.15, 0.2) is 87.8 Å². The van der Waals surface area contributed by atoms with Crippen LogP contribution in [0.2, 0.25) is 0 Å². The highest BCUT2D eigenvalue weighted by Crippen LogP contribution is 2.38. The van der Waals surface area contributed by atoms with Crippen LogP contribution < -0.4 is 39.2 Å². The van der Waals surface area contributed by atoms with Crippen LogP contribution in [0.4, 0.5) is 5.69 Å². The van der Waals surface area contributed by atoms with E-state index >= 15 is 0 Å². The van der Waals surface area contributed by atoms with Crippen molar-refractivity contribution in [3.05, 3.63) is 109 Å². The number of allylic oxidation sites excluding steroid dienone is 1. The minimum absolute atomic E-state index is 0.284. The summed E-state index contributed by atoms with van der Waals surface area (Å²) in [6.07, 6.45) is 1.75. The first-order valence-electron chi connectivity index (χ1n) is 12.7. The molecule has 1 unspecified atom stereocenters. The standard InChI is InChI=1S/C31H29N3O6S/c1-18-26(29(35)33-21-11-7-6-8-12-21)27(20-10-9-13-22(17-20)37-2)34-30(36)25(41-31(34)32-18)16-19-14-23(38-3)28(40-5)24(15-19)39-4/h6-17,27H,1-5H3,(H,33,35)/b25-16-. The molecule has 0 bridgehead atoms. The fourth-order valence-corrected chi connectivity index (χ4v) is 5.84. The van der Waals surface area contributed by atoms with Crippen molar-refractivity contribution in [3.8, 4) is 23.0 Å². The lowest BCUT2D eigenvalue weighted by Crippen LogP contribution is -2.40. The van der Waals surface area contributed by atoms with Crippen molar-refractivity contribution in [2.24, 2.45) is 4.99 Å². The predicted molar refractivity (Wildman–Crippen MR) is 158 cm³/mol. The number of carbonyl (C=O) groups excluding carboxylic acids is 1. The van der Waals surface area contributed by atoms with E-state index in [0.717, 1.165) is 5.56 Å². The molecule has 41 heavy (non-hydrogen) atoms. The predicted octanol–water partition coefficient (Wildman–Crippen LogP) is 3.91. The molecule has 10 heteroatoms. The van der Waals surface area contributed by atoms with E-state index < -0.39 is 6.04 Å².